The van der Waals surface area contributed by atoms with Gasteiger partial charge in [0.2, 0.25) is 0 Å². The first-order valence-electron chi connectivity index (χ1n) is 7.30. The van der Waals surface area contributed by atoms with E-state index in [1.54, 1.807) is 24.3 Å². The lowest BCUT2D eigenvalue weighted by Crippen LogP contribution is -2.15. The van der Waals surface area contributed by atoms with Crippen LogP contribution >= 0.6 is 0 Å². The zero-order valence-corrected chi connectivity index (χ0v) is 13.0. The van der Waals surface area contributed by atoms with Gasteiger partial charge in [0.1, 0.15) is 0 Å². The molecule has 0 aliphatic carbocycles. The Balaban J connectivity index is 1.79. The van der Waals surface area contributed by atoms with E-state index in [1.165, 1.54) is 10.7 Å². The van der Waals surface area contributed by atoms with Crippen molar-refractivity contribution >= 4 is 11.6 Å². The van der Waals surface area contributed by atoms with Gasteiger partial charge in [-0.3, -0.25) is 14.7 Å². The number of aryl methyl sites for hydroxylation is 2. The third kappa shape index (κ3) is 3.23. The van der Waals surface area contributed by atoms with Crippen molar-refractivity contribution in [3.8, 4) is 5.69 Å². The van der Waals surface area contributed by atoms with Crippen LogP contribution in [0, 0.1) is 13.8 Å². The molecule has 23 heavy (non-hydrogen) atoms. The Kier molecular flexibility index (Phi) is 3.85. The first kappa shape index (κ1) is 14.8. The predicted molar refractivity (Wildman–Crippen MR) is 90.3 cm³/mol. The van der Waals surface area contributed by atoms with Crippen LogP contribution in [0.5, 0.6) is 0 Å². The molecule has 116 valence electrons. The van der Waals surface area contributed by atoms with Crippen LogP contribution in [0.25, 0.3) is 5.69 Å². The molecule has 0 unspecified atom stereocenters. The molecule has 0 radical (unpaired) electrons. The SMILES string of the molecule is Cc1ccc(NC(=O)c2ccc(-n3[nH]c(C)cc3=O)cc2)cc1. The van der Waals surface area contributed by atoms with Gasteiger partial charge in [-0.15, -0.1) is 0 Å². The second-order valence-corrected chi connectivity index (χ2v) is 5.48. The molecule has 2 N–H and O–H groups in total. The normalized spacial score (nSPS) is 10.5. The van der Waals surface area contributed by atoms with Crippen LogP contribution in [0.4, 0.5) is 5.69 Å². The molecule has 0 bridgehead atoms. The van der Waals surface area contributed by atoms with E-state index in [2.05, 4.69) is 10.4 Å². The number of hydrogen-bond donors (Lipinski definition) is 2. The summed E-state index contributed by atoms with van der Waals surface area (Å²) < 4.78 is 1.44. The Morgan fingerprint density at radius 3 is 2.22 bits per heavy atom. The van der Waals surface area contributed by atoms with E-state index in [1.807, 2.05) is 38.1 Å². The van der Waals surface area contributed by atoms with Gasteiger partial charge in [-0.05, 0) is 50.2 Å². The molecule has 1 amide bonds. The average molecular weight is 307 g/mol. The van der Waals surface area contributed by atoms with Crippen LogP contribution in [0.1, 0.15) is 21.6 Å². The van der Waals surface area contributed by atoms with Crippen molar-refractivity contribution in [2.24, 2.45) is 0 Å². The van der Waals surface area contributed by atoms with Crippen LogP contribution in [-0.2, 0) is 0 Å². The van der Waals surface area contributed by atoms with Gasteiger partial charge in [-0.25, -0.2) is 4.68 Å². The van der Waals surface area contributed by atoms with Crippen molar-refractivity contribution in [1.29, 1.82) is 0 Å². The first-order chi connectivity index (χ1) is 11.0. The number of rotatable bonds is 3. The molecule has 0 saturated carbocycles. The van der Waals surface area contributed by atoms with E-state index in [0.717, 1.165) is 16.9 Å². The number of carbonyl (C=O) groups is 1. The zero-order chi connectivity index (χ0) is 16.4. The lowest BCUT2D eigenvalue weighted by Gasteiger charge is -2.07. The molecule has 2 aromatic carbocycles. The summed E-state index contributed by atoms with van der Waals surface area (Å²) in [7, 11) is 0. The second-order valence-electron chi connectivity index (χ2n) is 5.48. The van der Waals surface area contributed by atoms with E-state index in [9.17, 15) is 9.59 Å². The van der Waals surface area contributed by atoms with Crippen LogP contribution in [0.3, 0.4) is 0 Å². The smallest absolute Gasteiger partial charge is 0.271 e. The molecular weight excluding hydrogens is 290 g/mol. The van der Waals surface area contributed by atoms with E-state index in [-0.39, 0.29) is 11.5 Å². The average Bonchev–Trinajstić information content (AvgIpc) is 2.88. The van der Waals surface area contributed by atoms with Gasteiger partial charge >= 0.3 is 0 Å². The highest BCUT2D eigenvalue weighted by Crippen LogP contribution is 2.12. The highest BCUT2D eigenvalue weighted by Gasteiger charge is 2.08. The Morgan fingerprint density at radius 2 is 1.65 bits per heavy atom. The molecule has 0 aliphatic heterocycles. The third-order valence-corrected chi connectivity index (χ3v) is 3.55. The van der Waals surface area contributed by atoms with Crippen molar-refractivity contribution in [2.45, 2.75) is 13.8 Å². The number of aromatic amines is 1. The number of benzene rings is 2. The summed E-state index contributed by atoms with van der Waals surface area (Å²) >= 11 is 0. The van der Waals surface area contributed by atoms with Crippen LogP contribution < -0.4 is 10.9 Å². The van der Waals surface area contributed by atoms with Gasteiger partial charge < -0.3 is 5.32 Å². The predicted octanol–water partition coefficient (Wildman–Crippen LogP) is 3.03. The minimum Gasteiger partial charge on any atom is -0.322 e. The van der Waals surface area contributed by atoms with E-state index in [0.29, 0.717) is 11.3 Å². The fourth-order valence-corrected chi connectivity index (χ4v) is 2.31. The summed E-state index contributed by atoms with van der Waals surface area (Å²) in [6.45, 7) is 3.82. The quantitative estimate of drug-likeness (QED) is 0.781. The number of nitrogens with one attached hydrogen (secondary N) is 2. The Morgan fingerprint density at radius 1 is 1.00 bits per heavy atom. The van der Waals surface area contributed by atoms with Gasteiger partial charge in [-0.1, -0.05) is 17.7 Å². The highest BCUT2D eigenvalue weighted by molar-refractivity contribution is 6.04. The molecule has 0 aliphatic rings. The van der Waals surface area contributed by atoms with Crippen molar-refractivity contribution in [3.05, 3.63) is 81.8 Å². The minimum atomic E-state index is -0.185. The molecule has 5 heteroatoms. The van der Waals surface area contributed by atoms with Crippen LogP contribution in [-0.4, -0.2) is 15.7 Å². The number of nitrogens with zero attached hydrogens (tertiary/aromatic N) is 1. The van der Waals surface area contributed by atoms with Gasteiger partial charge in [0.15, 0.2) is 0 Å². The summed E-state index contributed by atoms with van der Waals surface area (Å²) in [6, 6.07) is 16.0. The minimum absolute atomic E-state index is 0.126. The lowest BCUT2D eigenvalue weighted by atomic mass is 10.2. The first-order valence-corrected chi connectivity index (χ1v) is 7.30. The Hall–Kier alpha value is -3.08. The topological polar surface area (TPSA) is 66.9 Å². The summed E-state index contributed by atoms with van der Waals surface area (Å²) in [5.41, 5.74) is 3.77. The van der Waals surface area contributed by atoms with Crippen molar-refractivity contribution in [2.75, 3.05) is 5.32 Å². The molecule has 1 aromatic heterocycles. The largest absolute Gasteiger partial charge is 0.322 e. The molecule has 1 heterocycles. The summed E-state index contributed by atoms with van der Waals surface area (Å²) in [5, 5.41) is 5.80. The van der Waals surface area contributed by atoms with Crippen LogP contribution in [0.2, 0.25) is 0 Å². The molecule has 0 fully saturated rings. The monoisotopic (exact) mass is 307 g/mol. The van der Waals surface area contributed by atoms with E-state index >= 15 is 0 Å². The molecular formula is C18H17N3O2. The third-order valence-electron chi connectivity index (χ3n) is 3.55. The Bertz CT molecular complexity index is 887. The molecule has 5 nitrogen and oxygen atoms in total. The van der Waals surface area contributed by atoms with Gasteiger partial charge in [-0.2, -0.15) is 0 Å². The van der Waals surface area contributed by atoms with E-state index < -0.39 is 0 Å². The van der Waals surface area contributed by atoms with Gasteiger partial charge in [0, 0.05) is 23.0 Å². The molecule has 3 rings (SSSR count). The number of amides is 1. The molecule has 0 saturated heterocycles. The van der Waals surface area contributed by atoms with Crippen molar-refractivity contribution < 1.29 is 4.79 Å². The number of carbonyl (C=O) groups excluding carboxylic acids is 1. The maximum absolute atomic E-state index is 12.2. The van der Waals surface area contributed by atoms with Gasteiger partial charge in [0.25, 0.3) is 11.5 Å². The van der Waals surface area contributed by atoms with Gasteiger partial charge in [0.05, 0.1) is 5.69 Å². The number of aromatic nitrogens is 2. The second kappa shape index (κ2) is 5.96. The van der Waals surface area contributed by atoms with E-state index in [4.69, 9.17) is 0 Å². The molecule has 0 spiro atoms. The lowest BCUT2D eigenvalue weighted by molar-refractivity contribution is 0.102. The summed E-state index contributed by atoms with van der Waals surface area (Å²) in [6.07, 6.45) is 0. The molecule has 3 aromatic rings. The zero-order valence-electron chi connectivity index (χ0n) is 13.0. The maximum Gasteiger partial charge on any atom is 0.271 e. The summed E-state index contributed by atoms with van der Waals surface area (Å²) in [4.78, 5) is 24.0. The Labute approximate surface area is 133 Å². The number of hydrogen-bond acceptors (Lipinski definition) is 2. The van der Waals surface area contributed by atoms with Crippen molar-refractivity contribution in [3.63, 3.8) is 0 Å². The highest BCUT2D eigenvalue weighted by atomic mass is 16.1. The fourth-order valence-electron chi connectivity index (χ4n) is 2.31. The molecule has 0 atom stereocenters. The standard InChI is InChI=1S/C18H17N3O2/c1-12-3-7-15(8-4-12)19-18(23)14-5-9-16(10-6-14)21-17(22)11-13(2)20-21/h3-11,20H,1-2H3,(H,19,23). The van der Waals surface area contributed by atoms with Crippen LogP contribution in [0.15, 0.2) is 59.4 Å². The maximum atomic E-state index is 12.2. The fraction of sp³-hybridized carbons (Fsp3) is 0.111. The number of anilines is 1. The van der Waals surface area contributed by atoms with Crippen molar-refractivity contribution in [1.82, 2.24) is 9.78 Å². The summed E-state index contributed by atoms with van der Waals surface area (Å²) in [5.74, 6) is -0.185. The number of H-pyrrole nitrogens is 1.